The predicted molar refractivity (Wildman–Crippen MR) is 156 cm³/mol. The number of halogens is 5. The van der Waals surface area contributed by atoms with E-state index in [-0.39, 0.29) is 48.5 Å². The molecule has 1 saturated heterocycles. The quantitative estimate of drug-likeness (QED) is 0.218. The second-order valence-electron chi connectivity index (χ2n) is 10.5. The maximum absolute atomic E-state index is 14.4. The number of nitrogens with one attached hydrogen (secondary N) is 1. The van der Waals surface area contributed by atoms with Gasteiger partial charge in [-0.25, -0.2) is 14.0 Å². The van der Waals surface area contributed by atoms with E-state index in [2.05, 4.69) is 22.1 Å². The molecule has 0 bridgehead atoms. The van der Waals surface area contributed by atoms with E-state index in [0.717, 1.165) is 21.7 Å². The molecule has 1 saturated carbocycles. The molecule has 45 heavy (non-hydrogen) atoms. The van der Waals surface area contributed by atoms with Gasteiger partial charge in [-0.3, -0.25) is 14.3 Å². The molecule has 1 aromatic heterocycles. The number of thioether (sulfide) groups is 1. The molecule has 2 fully saturated rings. The molecule has 3 heterocycles. The Bertz CT molecular complexity index is 1580. The molecule has 0 radical (unpaired) electrons. The minimum Gasteiger partial charge on any atom is -0.415 e. The summed E-state index contributed by atoms with van der Waals surface area (Å²) in [6.45, 7) is -0.0126. The number of rotatable bonds is 10. The average Bonchev–Trinajstić information content (AvgIpc) is 3.70. The van der Waals surface area contributed by atoms with E-state index in [0.29, 0.717) is 31.4 Å². The Hall–Kier alpha value is -3.52. The molecule has 1 aliphatic carbocycles. The van der Waals surface area contributed by atoms with Crippen molar-refractivity contribution in [2.24, 2.45) is 5.92 Å². The topological polar surface area (TPSA) is 138 Å². The van der Waals surface area contributed by atoms with Crippen molar-refractivity contribution in [3.8, 4) is 11.8 Å². The van der Waals surface area contributed by atoms with Crippen LogP contribution in [0.1, 0.15) is 37.5 Å². The molecule has 2 aromatic rings. The van der Waals surface area contributed by atoms with Crippen LogP contribution in [0.15, 0.2) is 29.2 Å². The average molecular weight is 674 g/mol. The lowest BCUT2D eigenvalue weighted by molar-refractivity contribution is -0.240. The molecule has 0 spiro atoms. The highest BCUT2D eigenvalue weighted by Crippen LogP contribution is 2.50. The van der Waals surface area contributed by atoms with Crippen molar-refractivity contribution < 1.29 is 41.4 Å². The number of amides is 2. The highest BCUT2D eigenvalue weighted by molar-refractivity contribution is 8.00. The van der Waals surface area contributed by atoms with E-state index in [4.69, 9.17) is 31.5 Å². The molecule has 5 rings (SSSR count). The molecule has 3 aliphatic rings. The smallest absolute Gasteiger partial charge is 0.415 e. The molecule has 3 N–H and O–H groups in total. The Labute approximate surface area is 263 Å². The summed E-state index contributed by atoms with van der Waals surface area (Å²) in [6.07, 6.45) is -3.91. The van der Waals surface area contributed by atoms with E-state index < -0.39 is 52.8 Å². The van der Waals surface area contributed by atoms with Crippen LogP contribution in [-0.2, 0) is 24.6 Å². The summed E-state index contributed by atoms with van der Waals surface area (Å²) in [5.74, 6) is 3.19. The lowest BCUT2D eigenvalue weighted by Gasteiger charge is -2.40. The van der Waals surface area contributed by atoms with Crippen LogP contribution in [0.3, 0.4) is 0 Å². The predicted octanol–water partition coefficient (Wildman–Crippen LogP) is 3.95. The Morgan fingerprint density at radius 1 is 1.29 bits per heavy atom. The third kappa shape index (κ3) is 7.49. The van der Waals surface area contributed by atoms with Gasteiger partial charge in [-0.05, 0) is 49.8 Å². The number of aromatic nitrogens is 2. The van der Waals surface area contributed by atoms with Gasteiger partial charge in [0.2, 0.25) is 5.91 Å². The van der Waals surface area contributed by atoms with Crippen LogP contribution in [0, 0.1) is 23.6 Å². The maximum Gasteiger partial charge on any atom is 0.445 e. The van der Waals surface area contributed by atoms with Crippen LogP contribution in [-0.4, -0.2) is 65.2 Å². The summed E-state index contributed by atoms with van der Waals surface area (Å²) < 4.78 is 73.9. The fourth-order valence-electron chi connectivity index (χ4n) is 4.64. The first-order valence-electron chi connectivity index (χ1n) is 13.9. The number of nitrogens with zero attached hydrogens (tertiary/aromatic N) is 3. The molecule has 2 amide bonds. The van der Waals surface area contributed by atoms with Crippen LogP contribution in [0.25, 0.3) is 0 Å². The Kier molecular flexibility index (Phi) is 9.83. The summed E-state index contributed by atoms with van der Waals surface area (Å²) in [5, 5.41) is 2.71. The number of ether oxygens (including phenoxy) is 3. The molecule has 1 unspecified atom stereocenters. The number of nitrogens with two attached hydrogens (primary N) is 1. The monoisotopic (exact) mass is 673 g/mol. The van der Waals surface area contributed by atoms with E-state index in [1.165, 1.54) is 23.9 Å². The molecule has 2 aliphatic heterocycles. The van der Waals surface area contributed by atoms with Crippen molar-refractivity contribution in [2.45, 2.75) is 49.1 Å². The van der Waals surface area contributed by atoms with Gasteiger partial charge in [0, 0.05) is 35.3 Å². The molecular weight excluding hydrogens is 646 g/mol. The Morgan fingerprint density at radius 3 is 2.80 bits per heavy atom. The number of alkyl halides is 3. The highest BCUT2D eigenvalue weighted by atomic mass is 35.5. The molecule has 242 valence electrons. The first-order valence-corrected chi connectivity index (χ1v) is 15.4. The number of benzene rings is 1. The van der Waals surface area contributed by atoms with Crippen LogP contribution < -0.4 is 21.6 Å². The van der Waals surface area contributed by atoms with Gasteiger partial charge in [-0.2, -0.15) is 18.2 Å². The third-order valence-corrected chi connectivity index (χ3v) is 8.45. The van der Waals surface area contributed by atoms with Crippen molar-refractivity contribution in [3.63, 3.8) is 0 Å². The fraction of sp³-hybridized carbons (Fsp3) is 0.500. The Balaban J connectivity index is 1.07. The fourth-order valence-corrected chi connectivity index (χ4v) is 5.83. The minimum atomic E-state index is -5.00. The van der Waals surface area contributed by atoms with Crippen LogP contribution in [0.2, 0.25) is 5.02 Å². The molecule has 11 nitrogen and oxygen atoms in total. The van der Waals surface area contributed by atoms with E-state index in [1.54, 1.807) is 0 Å². The molecular formula is C28H28ClF4N5O6S. The maximum atomic E-state index is 14.4. The number of anilines is 2. The number of hydrogen-bond acceptors (Lipinski definition) is 9. The van der Waals surface area contributed by atoms with E-state index in [9.17, 15) is 31.9 Å². The summed E-state index contributed by atoms with van der Waals surface area (Å²) in [5.41, 5.74) is 0.578. The summed E-state index contributed by atoms with van der Waals surface area (Å²) >= 11 is 7.36. The van der Waals surface area contributed by atoms with Gasteiger partial charge in [-0.1, -0.05) is 17.5 Å². The number of unbranched alkanes of at least 4 members (excludes halogenated alkanes) is 1. The minimum absolute atomic E-state index is 0.00687. The van der Waals surface area contributed by atoms with Gasteiger partial charge >= 0.3 is 18.0 Å². The number of carbonyl (C=O) groups is 2. The van der Waals surface area contributed by atoms with Crippen molar-refractivity contribution in [3.05, 3.63) is 51.3 Å². The van der Waals surface area contributed by atoms with E-state index >= 15 is 0 Å². The third-order valence-electron chi connectivity index (χ3n) is 7.11. The molecule has 3 atom stereocenters. The highest BCUT2D eigenvalue weighted by Gasteiger charge is 2.63. The lowest BCUT2D eigenvalue weighted by atomic mass is 9.89. The number of hydrogen-bond donors (Lipinski definition) is 2. The first-order chi connectivity index (χ1) is 21.4. The number of fused-ring (bicyclic) bond motifs is 1. The second-order valence-corrected chi connectivity index (χ2v) is 12.1. The zero-order valence-corrected chi connectivity index (χ0v) is 25.1. The normalized spacial score (nSPS) is 22.8. The van der Waals surface area contributed by atoms with Crippen molar-refractivity contribution >= 4 is 46.9 Å². The molecule has 1 aromatic carbocycles. The zero-order valence-electron chi connectivity index (χ0n) is 23.6. The van der Waals surface area contributed by atoms with Gasteiger partial charge in [0.05, 0.1) is 18.5 Å². The van der Waals surface area contributed by atoms with Crippen molar-refractivity contribution in [1.29, 1.82) is 0 Å². The molecule has 17 heteroatoms. The lowest BCUT2D eigenvalue weighted by Crippen LogP contribution is -2.53. The van der Waals surface area contributed by atoms with Crippen LogP contribution in [0.5, 0.6) is 0 Å². The van der Waals surface area contributed by atoms with Crippen molar-refractivity contribution in [1.82, 2.24) is 14.9 Å². The first kappa shape index (κ1) is 32.9. The van der Waals surface area contributed by atoms with Crippen molar-refractivity contribution in [2.75, 3.05) is 42.7 Å². The number of cyclic esters (lactones) is 1. The van der Waals surface area contributed by atoms with Gasteiger partial charge in [0.15, 0.2) is 11.6 Å². The summed E-state index contributed by atoms with van der Waals surface area (Å²) in [6, 6.07) is 3.86. The van der Waals surface area contributed by atoms with Gasteiger partial charge in [-0.15, -0.1) is 11.8 Å². The summed E-state index contributed by atoms with van der Waals surface area (Å²) in [4.78, 5) is 41.6. The number of carbonyl (C=O) groups excluding carboxylic acids is 2. The van der Waals surface area contributed by atoms with Gasteiger partial charge in [0.25, 0.3) is 5.60 Å². The van der Waals surface area contributed by atoms with Crippen LogP contribution >= 0.6 is 23.4 Å². The summed E-state index contributed by atoms with van der Waals surface area (Å²) in [7, 11) is 0. The largest absolute Gasteiger partial charge is 0.445 e. The SMILES string of the molecule is Nc1nc(=O)n([C@H]2CS[C@@H](COCC(=O)NCCCCN3C(=O)OC(C#CC4CC4)(C(F)(F)F)c4cc(Cl)ccc43)O2)cc1F. The standard InChI is InChI=1S/C28H28ClF4N5O6S/c29-17-5-6-20-18(11-17)27(28(31,32)33,8-7-16-3-4-16)44-26(41)37(20)10-2-1-9-35-21(39)13-42-14-23-43-22(15-45-23)38-12-19(30)24(34)36-25(38)40/h5-6,11-12,16,22-23H,1-4,9-10,13-15H2,(H,35,39)(H2,34,36,40)/t22-,23+,27?/m1/s1. The van der Waals surface area contributed by atoms with Gasteiger partial charge < -0.3 is 25.3 Å². The number of nitrogen functional groups attached to an aromatic ring is 1. The zero-order chi connectivity index (χ0) is 32.4. The van der Waals surface area contributed by atoms with Gasteiger partial charge in [0.1, 0.15) is 18.3 Å². The van der Waals surface area contributed by atoms with E-state index in [1.807, 2.05) is 0 Å². The Morgan fingerprint density at radius 2 is 2.07 bits per heavy atom. The van der Waals surface area contributed by atoms with Crippen LogP contribution in [0.4, 0.5) is 33.9 Å². The second kappa shape index (κ2) is 13.5.